The average molecular weight is 474 g/mol. The third kappa shape index (κ3) is 5.71. The summed E-state index contributed by atoms with van der Waals surface area (Å²) in [6.07, 6.45) is 1.03. The number of aryl methyl sites for hydroxylation is 1. The van der Waals surface area contributed by atoms with Gasteiger partial charge in [0, 0.05) is 38.4 Å². The maximum absolute atomic E-state index is 12.6. The molecule has 0 aliphatic rings. The molecule has 0 radical (unpaired) electrons. The normalized spacial score (nSPS) is 11.3. The Bertz CT molecular complexity index is 1380. The van der Waals surface area contributed by atoms with Crippen molar-refractivity contribution in [3.8, 4) is 0 Å². The second-order valence-corrected chi connectivity index (χ2v) is 9.38. The molecule has 2 aromatic carbocycles. The fourth-order valence-electron chi connectivity index (χ4n) is 3.29. The molecule has 0 atom stereocenters. The lowest BCUT2D eigenvalue weighted by Gasteiger charge is -2.12. The van der Waals surface area contributed by atoms with Gasteiger partial charge in [0.2, 0.25) is 5.91 Å². The van der Waals surface area contributed by atoms with Crippen LogP contribution in [0.3, 0.4) is 0 Å². The van der Waals surface area contributed by atoms with E-state index < -0.39 is 14.8 Å². The number of nitro benzene ring substituents is 1. The number of aromatic nitrogens is 2. The first-order valence-corrected chi connectivity index (χ1v) is 11.9. The fraction of sp³-hybridized carbons (Fsp3) is 0.286. The summed E-state index contributed by atoms with van der Waals surface area (Å²) in [5.74, 6) is 0.219. The van der Waals surface area contributed by atoms with E-state index >= 15 is 0 Å². The molecule has 0 aliphatic carbocycles. The first-order valence-electron chi connectivity index (χ1n) is 10.0. The van der Waals surface area contributed by atoms with Crippen molar-refractivity contribution in [1.29, 1.82) is 0 Å². The van der Waals surface area contributed by atoms with Crippen LogP contribution in [-0.2, 0) is 21.2 Å². The molecule has 0 spiro atoms. The third-order valence-electron chi connectivity index (χ3n) is 4.97. The number of nitrogens with zero attached hydrogens (tertiary/aromatic N) is 3. The smallest absolute Gasteiger partial charge is 0.293 e. The van der Waals surface area contributed by atoms with Crippen LogP contribution in [0.5, 0.6) is 0 Å². The Morgan fingerprint density at radius 2 is 1.91 bits per heavy atom. The molecule has 174 valence electrons. The molecule has 0 unspecified atom stereocenters. The molecule has 1 amide bonds. The Balaban J connectivity index is 1.55. The van der Waals surface area contributed by atoms with Gasteiger partial charge in [0.15, 0.2) is 9.84 Å². The minimum Gasteiger partial charge on any atom is -0.378 e. The summed E-state index contributed by atoms with van der Waals surface area (Å²) in [4.78, 5) is 39.7. The number of carbonyl (C=O) groups is 1. The second-order valence-electron chi connectivity index (χ2n) is 7.37. The van der Waals surface area contributed by atoms with Crippen LogP contribution in [0.4, 0.5) is 11.4 Å². The highest BCUT2D eigenvalue weighted by atomic mass is 32.2. The van der Waals surface area contributed by atoms with Gasteiger partial charge in [0.05, 0.1) is 20.7 Å². The Kier molecular flexibility index (Phi) is 7.07. The first-order chi connectivity index (χ1) is 15.6. The quantitative estimate of drug-likeness (QED) is 0.270. The van der Waals surface area contributed by atoms with Crippen molar-refractivity contribution in [2.24, 2.45) is 0 Å². The van der Waals surface area contributed by atoms with Crippen LogP contribution in [-0.4, -0.2) is 48.1 Å². The molecule has 0 saturated heterocycles. The molecule has 0 saturated carbocycles. The van der Waals surface area contributed by atoms with Crippen molar-refractivity contribution in [3.63, 3.8) is 0 Å². The lowest BCUT2D eigenvalue weighted by molar-refractivity contribution is -0.384. The molecule has 11 nitrogen and oxygen atoms in total. The second kappa shape index (κ2) is 9.77. The summed E-state index contributed by atoms with van der Waals surface area (Å²) in [6, 6.07) is 10.6. The van der Waals surface area contributed by atoms with Gasteiger partial charge in [-0.3, -0.25) is 24.3 Å². The molecule has 1 aromatic heterocycles. The van der Waals surface area contributed by atoms with Gasteiger partial charge in [0.1, 0.15) is 11.5 Å². The minimum absolute atomic E-state index is 0.0595. The molecule has 0 fully saturated rings. The van der Waals surface area contributed by atoms with Crippen LogP contribution < -0.4 is 16.2 Å². The number of rotatable bonds is 9. The van der Waals surface area contributed by atoms with Crippen LogP contribution >= 0.6 is 0 Å². The van der Waals surface area contributed by atoms with Crippen molar-refractivity contribution >= 4 is 38.0 Å². The molecular formula is C21H23N5O6S. The van der Waals surface area contributed by atoms with Crippen molar-refractivity contribution in [3.05, 3.63) is 68.8 Å². The monoisotopic (exact) mass is 473 g/mol. The van der Waals surface area contributed by atoms with Crippen molar-refractivity contribution in [2.75, 3.05) is 24.7 Å². The Morgan fingerprint density at radius 1 is 1.18 bits per heavy atom. The molecule has 12 heteroatoms. The summed E-state index contributed by atoms with van der Waals surface area (Å²) < 4.78 is 24.7. The Labute approximate surface area is 189 Å². The summed E-state index contributed by atoms with van der Waals surface area (Å²) >= 11 is 0. The van der Waals surface area contributed by atoms with E-state index in [1.165, 1.54) is 16.7 Å². The summed E-state index contributed by atoms with van der Waals surface area (Å²) in [5, 5.41) is 17.3. The zero-order valence-corrected chi connectivity index (χ0v) is 18.9. The van der Waals surface area contributed by atoms with E-state index in [0.29, 0.717) is 16.7 Å². The standard InChI is InChI=1S/C21H23N5O6S/c1-14-24-17-6-4-3-5-16(17)21(28)25(14)12-9-20(27)23-11-10-22-18-8-7-15(33(2,31)32)13-19(18)26(29)30/h3-8,13,22H,9-12H2,1-2H3,(H,23,27). The maximum Gasteiger partial charge on any atom is 0.293 e. The number of para-hydroxylation sites is 1. The number of benzene rings is 2. The maximum atomic E-state index is 12.6. The number of hydrogen-bond acceptors (Lipinski definition) is 8. The van der Waals surface area contributed by atoms with Crippen LogP contribution in [0.15, 0.2) is 52.2 Å². The Morgan fingerprint density at radius 3 is 2.61 bits per heavy atom. The Hall–Kier alpha value is -3.80. The third-order valence-corrected chi connectivity index (χ3v) is 6.08. The van der Waals surface area contributed by atoms with Gasteiger partial charge in [-0.05, 0) is 31.2 Å². The van der Waals surface area contributed by atoms with Gasteiger partial charge >= 0.3 is 0 Å². The van der Waals surface area contributed by atoms with Crippen molar-refractivity contribution < 1.29 is 18.1 Å². The van der Waals surface area contributed by atoms with E-state index in [2.05, 4.69) is 15.6 Å². The molecular weight excluding hydrogens is 450 g/mol. The van der Waals surface area contributed by atoms with Gasteiger partial charge < -0.3 is 10.6 Å². The van der Waals surface area contributed by atoms with E-state index in [1.807, 2.05) is 0 Å². The van der Waals surface area contributed by atoms with Gasteiger partial charge in [-0.25, -0.2) is 13.4 Å². The van der Waals surface area contributed by atoms with Gasteiger partial charge in [-0.15, -0.1) is 0 Å². The van der Waals surface area contributed by atoms with Gasteiger partial charge in [0.25, 0.3) is 11.2 Å². The van der Waals surface area contributed by atoms with Gasteiger partial charge in [-0.2, -0.15) is 0 Å². The fourth-order valence-corrected chi connectivity index (χ4v) is 3.93. The molecule has 0 aliphatic heterocycles. The number of carbonyl (C=O) groups excluding carboxylic acids is 1. The predicted octanol–water partition coefficient (Wildman–Crippen LogP) is 1.64. The lowest BCUT2D eigenvalue weighted by atomic mass is 10.2. The molecule has 2 N–H and O–H groups in total. The molecule has 33 heavy (non-hydrogen) atoms. The highest BCUT2D eigenvalue weighted by Crippen LogP contribution is 2.27. The number of nitro groups is 1. The van der Waals surface area contributed by atoms with E-state index in [1.54, 1.807) is 31.2 Å². The largest absolute Gasteiger partial charge is 0.378 e. The number of nitrogens with one attached hydrogen (secondary N) is 2. The minimum atomic E-state index is -3.58. The lowest BCUT2D eigenvalue weighted by Crippen LogP contribution is -2.31. The molecule has 3 rings (SSSR count). The number of amides is 1. The number of anilines is 1. The summed E-state index contributed by atoms with van der Waals surface area (Å²) in [5.41, 5.74) is 0.164. The topological polar surface area (TPSA) is 153 Å². The van der Waals surface area contributed by atoms with E-state index in [4.69, 9.17) is 0 Å². The zero-order chi connectivity index (χ0) is 24.2. The average Bonchev–Trinajstić information content (AvgIpc) is 2.75. The van der Waals surface area contributed by atoms with Crippen LogP contribution in [0.25, 0.3) is 10.9 Å². The summed E-state index contributed by atoms with van der Waals surface area (Å²) in [7, 11) is -3.58. The van der Waals surface area contributed by atoms with E-state index in [-0.39, 0.29) is 53.8 Å². The van der Waals surface area contributed by atoms with Crippen molar-refractivity contribution in [1.82, 2.24) is 14.9 Å². The molecule has 0 bridgehead atoms. The predicted molar refractivity (Wildman–Crippen MR) is 123 cm³/mol. The number of hydrogen-bond donors (Lipinski definition) is 2. The summed E-state index contributed by atoms with van der Waals surface area (Å²) in [6.45, 7) is 2.23. The SMILES string of the molecule is Cc1nc2ccccc2c(=O)n1CCC(=O)NCCNc1ccc(S(C)(=O)=O)cc1[N+](=O)[O-]. The molecule has 3 aromatic rings. The van der Waals surface area contributed by atoms with Crippen LogP contribution in [0, 0.1) is 17.0 Å². The highest BCUT2D eigenvalue weighted by molar-refractivity contribution is 7.90. The zero-order valence-electron chi connectivity index (χ0n) is 18.1. The number of sulfone groups is 1. The van der Waals surface area contributed by atoms with Crippen LogP contribution in [0.2, 0.25) is 0 Å². The van der Waals surface area contributed by atoms with E-state index in [0.717, 1.165) is 12.3 Å². The first kappa shape index (κ1) is 23.9. The van der Waals surface area contributed by atoms with Gasteiger partial charge in [-0.1, -0.05) is 12.1 Å². The van der Waals surface area contributed by atoms with Crippen molar-refractivity contribution in [2.45, 2.75) is 24.8 Å². The van der Waals surface area contributed by atoms with E-state index in [9.17, 15) is 28.1 Å². The number of fused-ring (bicyclic) bond motifs is 1. The highest BCUT2D eigenvalue weighted by Gasteiger charge is 2.18. The molecule has 1 heterocycles. The van der Waals surface area contributed by atoms with Crippen LogP contribution in [0.1, 0.15) is 12.2 Å².